The monoisotopic (exact) mass is 246 g/mol. The number of aromatic nitrogens is 1. The Hall–Kier alpha value is -1.01. The number of hydrogen-bond donors (Lipinski definition) is 0. The average Bonchev–Trinajstić information content (AvgIpc) is 2.29. The smallest absolute Gasteiger partial charge is 0.101 e. The molecule has 90 valence electrons. The van der Waals surface area contributed by atoms with Gasteiger partial charge in [0.2, 0.25) is 0 Å². The molecule has 1 heterocycles. The molecule has 2 rings (SSSR count). The van der Waals surface area contributed by atoms with Gasteiger partial charge in [-0.3, -0.25) is 0 Å². The predicted octanol–water partition coefficient (Wildman–Crippen LogP) is 4.01. The van der Waals surface area contributed by atoms with Gasteiger partial charge in [0.15, 0.2) is 0 Å². The summed E-state index contributed by atoms with van der Waals surface area (Å²) in [6.07, 6.45) is 6.87. The molecule has 1 unspecified atom stereocenters. The Kier molecular flexibility index (Phi) is 3.73. The van der Waals surface area contributed by atoms with Gasteiger partial charge in [-0.2, -0.15) is 5.26 Å². The van der Waals surface area contributed by atoms with Crippen LogP contribution in [0, 0.1) is 16.7 Å². The highest BCUT2D eigenvalue weighted by molar-refractivity contribution is 7.99. The summed E-state index contributed by atoms with van der Waals surface area (Å²) in [5.41, 5.74) is 1.11. The third-order valence-electron chi connectivity index (χ3n) is 3.31. The van der Waals surface area contributed by atoms with Crippen LogP contribution in [0.2, 0.25) is 0 Å². The van der Waals surface area contributed by atoms with E-state index in [1.165, 1.54) is 25.7 Å². The maximum Gasteiger partial charge on any atom is 0.101 e. The van der Waals surface area contributed by atoms with E-state index in [1.807, 2.05) is 23.9 Å². The van der Waals surface area contributed by atoms with Crippen LogP contribution in [0.4, 0.5) is 0 Å². The van der Waals surface area contributed by atoms with Gasteiger partial charge in [0.25, 0.3) is 0 Å². The van der Waals surface area contributed by atoms with E-state index >= 15 is 0 Å². The summed E-state index contributed by atoms with van der Waals surface area (Å²) >= 11 is 1.87. The quantitative estimate of drug-likeness (QED) is 0.791. The van der Waals surface area contributed by atoms with Gasteiger partial charge >= 0.3 is 0 Å². The minimum Gasteiger partial charge on any atom is -0.249 e. The van der Waals surface area contributed by atoms with E-state index in [0.29, 0.717) is 16.2 Å². The lowest BCUT2D eigenvalue weighted by Crippen LogP contribution is -2.24. The van der Waals surface area contributed by atoms with Crippen LogP contribution >= 0.6 is 11.8 Å². The van der Waals surface area contributed by atoms with Crippen molar-refractivity contribution in [2.24, 2.45) is 5.41 Å². The lowest BCUT2D eigenvalue weighted by atomic mass is 9.77. The standard InChI is InChI=1S/C14H18N2S/c1-14(2)7-3-4-12(8-14)17-13-6-5-11(9-15)10-16-13/h5-6,10,12H,3-4,7-8H2,1-2H3. The first-order chi connectivity index (χ1) is 8.09. The zero-order valence-corrected chi connectivity index (χ0v) is 11.3. The molecule has 1 fully saturated rings. The zero-order valence-electron chi connectivity index (χ0n) is 10.4. The fourth-order valence-electron chi connectivity index (χ4n) is 2.42. The van der Waals surface area contributed by atoms with E-state index in [9.17, 15) is 0 Å². The van der Waals surface area contributed by atoms with E-state index in [-0.39, 0.29) is 0 Å². The van der Waals surface area contributed by atoms with E-state index in [0.717, 1.165) is 5.03 Å². The average molecular weight is 246 g/mol. The van der Waals surface area contributed by atoms with Crippen molar-refractivity contribution in [2.45, 2.75) is 49.8 Å². The lowest BCUT2D eigenvalue weighted by molar-refractivity contribution is 0.251. The normalized spacial score (nSPS) is 23.0. The van der Waals surface area contributed by atoms with Crippen molar-refractivity contribution >= 4 is 11.8 Å². The Morgan fingerprint density at radius 1 is 1.47 bits per heavy atom. The molecule has 0 N–H and O–H groups in total. The van der Waals surface area contributed by atoms with Crippen molar-refractivity contribution in [3.8, 4) is 6.07 Å². The van der Waals surface area contributed by atoms with Gasteiger partial charge in [-0.05, 0) is 36.8 Å². The van der Waals surface area contributed by atoms with Crippen LogP contribution in [-0.2, 0) is 0 Å². The Morgan fingerprint density at radius 3 is 2.88 bits per heavy atom. The Labute approximate surface area is 107 Å². The van der Waals surface area contributed by atoms with Crippen molar-refractivity contribution in [3.05, 3.63) is 23.9 Å². The molecule has 0 saturated heterocycles. The van der Waals surface area contributed by atoms with Crippen molar-refractivity contribution in [1.29, 1.82) is 5.26 Å². The number of thioether (sulfide) groups is 1. The topological polar surface area (TPSA) is 36.7 Å². The number of nitrogens with zero attached hydrogens (tertiary/aromatic N) is 2. The first-order valence-corrected chi connectivity index (χ1v) is 7.00. The molecule has 2 nitrogen and oxygen atoms in total. The van der Waals surface area contributed by atoms with Crippen molar-refractivity contribution in [2.75, 3.05) is 0 Å². The number of nitriles is 1. The highest BCUT2D eigenvalue weighted by Gasteiger charge is 2.28. The summed E-state index contributed by atoms with van der Waals surface area (Å²) in [5.74, 6) is 0. The van der Waals surface area contributed by atoms with Gasteiger partial charge in [-0.25, -0.2) is 4.98 Å². The molecule has 1 atom stereocenters. The Bertz CT molecular complexity index is 417. The van der Waals surface area contributed by atoms with Crippen LogP contribution in [-0.4, -0.2) is 10.2 Å². The highest BCUT2D eigenvalue weighted by Crippen LogP contribution is 2.41. The second kappa shape index (κ2) is 5.10. The first kappa shape index (κ1) is 12.4. The Morgan fingerprint density at radius 2 is 2.29 bits per heavy atom. The molecule has 3 heteroatoms. The summed E-state index contributed by atoms with van der Waals surface area (Å²) in [6, 6.07) is 5.91. The van der Waals surface area contributed by atoms with Crippen LogP contribution in [0.25, 0.3) is 0 Å². The van der Waals surface area contributed by atoms with Gasteiger partial charge in [0.05, 0.1) is 10.6 Å². The molecule has 1 saturated carbocycles. The largest absolute Gasteiger partial charge is 0.249 e. The third-order valence-corrected chi connectivity index (χ3v) is 4.53. The summed E-state index contributed by atoms with van der Waals surface area (Å²) < 4.78 is 0. The second-order valence-electron chi connectivity index (χ2n) is 5.50. The molecule has 1 aromatic heterocycles. The number of pyridine rings is 1. The first-order valence-electron chi connectivity index (χ1n) is 6.12. The molecular formula is C14H18N2S. The van der Waals surface area contributed by atoms with E-state index in [1.54, 1.807) is 6.20 Å². The Balaban J connectivity index is 1.98. The van der Waals surface area contributed by atoms with Gasteiger partial charge < -0.3 is 0 Å². The molecule has 0 spiro atoms. The third kappa shape index (κ3) is 3.47. The number of hydrogen-bond acceptors (Lipinski definition) is 3. The minimum absolute atomic E-state index is 0.475. The predicted molar refractivity (Wildman–Crippen MR) is 70.8 cm³/mol. The van der Waals surface area contributed by atoms with E-state index in [2.05, 4.69) is 24.9 Å². The van der Waals surface area contributed by atoms with Gasteiger partial charge in [0.1, 0.15) is 6.07 Å². The van der Waals surface area contributed by atoms with Crippen LogP contribution in [0.5, 0.6) is 0 Å². The van der Waals surface area contributed by atoms with E-state index in [4.69, 9.17) is 5.26 Å². The maximum atomic E-state index is 8.72. The molecular weight excluding hydrogens is 228 g/mol. The number of rotatable bonds is 2. The molecule has 0 bridgehead atoms. The van der Waals surface area contributed by atoms with Crippen LogP contribution in [0.3, 0.4) is 0 Å². The zero-order chi connectivity index (χ0) is 12.3. The maximum absolute atomic E-state index is 8.72. The van der Waals surface area contributed by atoms with Crippen molar-refractivity contribution in [1.82, 2.24) is 4.98 Å². The second-order valence-corrected chi connectivity index (χ2v) is 6.82. The fourth-order valence-corrected chi connectivity index (χ4v) is 3.84. The van der Waals surface area contributed by atoms with Gasteiger partial charge in [-0.15, -0.1) is 11.8 Å². The molecule has 1 aliphatic rings. The van der Waals surface area contributed by atoms with Crippen LogP contribution in [0.1, 0.15) is 45.1 Å². The van der Waals surface area contributed by atoms with Crippen LogP contribution < -0.4 is 0 Å². The van der Waals surface area contributed by atoms with Gasteiger partial charge in [-0.1, -0.05) is 20.3 Å². The molecule has 1 aromatic rings. The van der Waals surface area contributed by atoms with Gasteiger partial charge in [0, 0.05) is 11.4 Å². The minimum atomic E-state index is 0.475. The summed E-state index contributed by atoms with van der Waals surface area (Å²) in [5, 5.41) is 10.4. The summed E-state index contributed by atoms with van der Waals surface area (Å²) in [6.45, 7) is 4.71. The van der Waals surface area contributed by atoms with Crippen molar-refractivity contribution in [3.63, 3.8) is 0 Å². The molecule has 0 radical (unpaired) electrons. The fraction of sp³-hybridized carbons (Fsp3) is 0.571. The lowest BCUT2D eigenvalue weighted by Gasteiger charge is -2.34. The van der Waals surface area contributed by atoms with Crippen LogP contribution in [0.15, 0.2) is 23.4 Å². The SMILES string of the molecule is CC1(C)CCCC(Sc2ccc(C#N)cn2)C1. The highest BCUT2D eigenvalue weighted by atomic mass is 32.2. The molecule has 0 amide bonds. The molecule has 1 aliphatic carbocycles. The molecule has 0 aliphatic heterocycles. The molecule has 17 heavy (non-hydrogen) atoms. The molecule has 0 aromatic carbocycles. The summed E-state index contributed by atoms with van der Waals surface area (Å²) in [7, 11) is 0. The summed E-state index contributed by atoms with van der Waals surface area (Å²) in [4.78, 5) is 4.33. The van der Waals surface area contributed by atoms with E-state index < -0.39 is 0 Å². The van der Waals surface area contributed by atoms with Crippen molar-refractivity contribution < 1.29 is 0 Å².